The Hall–Kier alpha value is -2.70. The van der Waals surface area contributed by atoms with Crippen LogP contribution in [0.2, 0.25) is 0 Å². The van der Waals surface area contributed by atoms with E-state index in [0.717, 1.165) is 25.7 Å². The van der Waals surface area contributed by atoms with Crippen LogP contribution in [0, 0.1) is 10.1 Å². The second kappa shape index (κ2) is 8.67. The van der Waals surface area contributed by atoms with Gasteiger partial charge >= 0.3 is 6.03 Å². The van der Waals surface area contributed by atoms with Crippen LogP contribution in [0.1, 0.15) is 37.7 Å². The van der Waals surface area contributed by atoms with Crippen molar-refractivity contribution in [3.63, 3.8) is 0 Å². The van der Waals surface area contributed by atoms with Crippen LogP contribution in [0.5, 0.6) is 0 Å². The Bertz CT molecular complexity index is 607. The minimum Gasteiger partial charge on any atom is -0.334 e. The van der Waals surface area contributed by atoms with Crippen molar-refractivity contribution in [3.8, 4) is 0 Å². The van der Waals surface area contributed by atoms with Crippen LogP contribution in [0.15, 0.2) is 35.4 Å². The molecule has 0 aliphatic heterocycles. The molecule has 1 aliphatic rings. The van der Waals surface area contributed by atoms with Crippen LogP contribution in [-0.4, -0.2) is 23.2 Å². The maximum absolute atomic E-state index is 11.6. The molecule has 122 valence electrons. The predicted octanol–water partition coefficient (Wildman–Crippen LogP) is 3.23. The summed E-state index contributed by atoms with van der Waals surface area (Å²) < 4.78 is 0. The SMILES string of the molecule is O=C(N/N=C\C=C\c1ccccc1[N+](=O)[O-])NC1CCCCC1. The van der Waals surface area contributed by atoms with Gasteiger partial charge in [0.25, 0.3) is 5.69 Å². The summed E-state index contributed by atoms with van der Waals surface area (Å²) in [4.78, 5) is 22.1. The van der Waals surface area contributed by atoms with Crippen molar-refractivity contribution < 1.29 is 9.72 Å². The van der Waals surface area contributed by atoms with E-state index in [1.165, 1.54) is 18.7 Å². The van der Waals surface area contributed by atoms with Gasteiger partial charge in [-0.3, -0.25) is 10.1 Å². The molecule has 23 heavy (non-hydrogen) atoms. The fourth-order valence-electron chi connectivity index (χ4n) is 2.54. The number of nitrogens with zero attached hydrogens (tertiary/aromatic N) is 2. The Labute approximate surface area is 134 Å². The number of nitro benzene ring substituents is 1. The fourth-order valence-corrected chi connectivity index (χ4v) is 2.54. The van der Waals surface area contributed by atoms with Gasteiger partial charge in [0.1, 0.15) is 0 Å². The van der Waals surface area contributed by atoms with Gasteiger partial charge in [0.15, 0.2) is 0 Å². The van der Waals surface area contributed by atoms with Crippen molar-refractivity contribution >= 4 is 24.0 Å². The van der Waals surface area contributed by atoms with E-state index in [2.05, 4.69) is 15.8 Å². The number of urea groups is 1. The molecule has 0 bridgehead atoms. The number of para-hydroxylation sites is 1. The number of rotatable bonds is 5. The van der Waals surface area contributed by atoms with Gasteiger partial charge < -0.3 is 5.32 Å². The lowest BCUT2D eigenvalue weighted by atomic mass is 9.96. The number of amides is 2. The average molecular weight is 316 g/mol. The highest BCUT2D eigenvalue weighted by Crippen LogP contribution is 2.18. The Kier molecular flexibility index (Phi) is 6.28. The minimum atomic E-state index is -0.438. The largest absolute Gasteiger partial charge is 0.335 e. The molecule has 2 amide bonds. The highest BCUT2D eigenvalue weighted by molar-refractivity contribution is 5.81. The molecule has 1 fully saturated rings. The molecule has 2 rings (SSSR count). The van der Waals surface area contributed by atoms with Gasteiger partial charge in [-0.1, -0.05) is 31.4 Å². The lowest BCUT2D eigenvalue weighted by Gasteiger charge is -2.22. The van der Waals surface area contributed by atoms with Gasteiger partial charge in [-0.05, 0) is 31.1 Å². The molecule has 0 saturated heterocycles. The number of allylic oxidation sites excluding steroid dienone is 1. The van der Waals surface area contributed by atoms with E-state index in [1.54, 1.807) is 30.4 Å². The molecule has 0 heterocycles. The van der Waals surface area contributed by atoms with Crippen LogP contribution in [0.4, 0.5) is 10.5 Å². The molecule has 7 heteroatoms. The fraction of sp³-hybridized carbons (Fsp3) is 0.375. The summed E-state index contributed by atoms with van der Waals surface area (Å²) in [5.41, 5.74) is 2.90. The number of carbonyl (C=O) groups is 1. The molecule has 0 radical (unpaired) electrons. The summed E-state index contributed by atoms with van der Waals surface area (Å²) in [6.07, 6.45) is 10.0. The number of benzene rings is 1. The molecule has 1 aliphatic carbocycles. The molecule has 1 aromatic rings. The first-order valence-corrected chi connectivity index (χ1v) is 7.66. The monoisotopic (exact) mass is 316 g/mol. The summed E-state index contributed by atoms with van der Waals surface area (Å²) in [7, 11) is 0. The van der Waals surface area contributed by atoms with Gasteiger partial charge in [0, 0.05) is 18.3 Å². The third kappa shape index (κ3) is 5.54. The summed E-state index contributed by atoms with van der Waals surface area (Å²) in [6, 6.07) is 6.31. The highest BCUT2D eigenvalue weighted by atomic mass is 16.6. The predicted molar refractivity (Wildman–Crippen MR) is 89.2 cm³/mol. The average Bonchev–Trinajstić information content (AvgIpc) is 2.55. The first-order chi connectivity index (χ1) is 11.2. The van der Waals surface area contributed by atoms with Gasteiger partial charge in [-0.15, -0.1) is 0 Å². The summed E-state index contributed by atoms with van der Waals surface area (Å²) in [5, 5.41) is 17.5. The zero-order valence-corrected chi connectivity index (χ0v) is 12.8. The zero-order chi connectivity index (χ0) is 16.5. The molecular weight excluding hydrogens is 296 g/mol. The smallest absolute Gasteiger partial charge is 0.334 e. The molecule has 0 atom stereocenters. The van der Waals surface area contributed by atoms with E-state index in [9.17, 15) is 14.9 Å². The maximum atomic E-state index is 11.6. The topological polar surface area (TPSA) is 96.6 Å². The van der Waals surface area contributed by atoms with E-state index in [0.29, 0.717) is 5.56 Å². The van der Waals surface area contributed by atoms with Crippen molar-refractivity contribution in [2.45, 2.75) is 38.1 Å². The first-order valence-electron chi connectivity index (χ1n) is 7.66. The number of nitro groups is 1. The number of nitrogens with one attached hydrogen (secondary N) is 2. The van der Waals surface area contributed by atoms with Gasteiger partial charge in [0.05, 0.1) is 10.5 Å². The highest BCUT2D eigenvalue weighted by Gasteiger charge is 2.14. The molecule has 2 N–H and O–H groups in total. The van der Waals surface area contributed by atoms with Gasteiger partial charge in [-0.2, -0.15) is 5.10 Å². The quantitative estimate of drug-likeness (QED) is 0.496. The van der Waals surface area contributed by atoms with Crippen molar-refractivity contribution in [1.82, 2.24) is 10.7 Å². The van der Waals surface area contributed by atoms with Crippen molar-refractivity contribution in [1.29, 1.82) is 0 Å². The first kappa shape index (κ1) is 16.7. The summed E-state index contributed by atoms with van der Waals surface area (Å²) >= 11 is 0. The second-order valence-corrected chi connectivity index (χ2v) is 5.37. The number of carbonyl (C=O) groups excluding carboxylic acids is 1. The summed E-state index contributed by atoms with van der Waals surface area (Å²) in [6.45, 7) is 0. The Morgan fingerprint density at radius 3 is 2.74 bits per heavy atom. The molecule has 0 unspecified atom stereocenters. The third-order valence-electron chi connectivity index (χ3n) is 3.68. The van der Waals surface area contributed by atoms with Crippen molar-refractivity contribution in [2.24, 2.45) is 5.10 Å². The number of hydrogen-bond donors (Lipinski definition) is 2. The Balaban J connectivity index is 1.80. The van der Waals surface area contributed by atoms with Crippen LogP contribution in [0.3, 0.4) is 0 Å². The molecule has 0 spiro atoms. The van der Waals surface area contributed by atoms with E-state index in [4.69, 9.17) is 0 Å². The van der Waals surface area contributed by atoms with Crippen molar-refractivity contribution in [2.75, 3.05) is 0 Å². The van der Waals surface area contributed by atoms with Gasteiger partial charge in [-0.25, -0.2) is 10.2 Å². The molecular formula is C16H20N4O3. The third-order valence-corrected chi connectivity index (χ3v) is 3.68. The summed E-state index contributed by atoms with van der Waals surface area (Å²) in [5.74, 6) is 0. The standard InChI is InChI=1S/C16H20N4O3/c21-16(18-14-9-2-1-3-10-14)19-17-12-6-8-13-7-4-5-11-15(13)20(22)23/h4-8,11-12,14H,1-3,9-10H2,(H2,18,19,21)/b8-6+,17-12-. The zero-order valence-electron chi connectivity index (χ0n) is 12.8. The van der Waals surface area contributed by atoms with Crippen LogP contribution in [0.25, 0.3) is 6.08 Å². The van der Waals surface area contributed by atoms with E-state index < -0.39 is 4.92 Å². The Morgan fingerprint density at radius 2 is 2.00 bits per heavy atom. The molecule has 1 aromatic carbocycles. The van der Waals surface area contributed by atoms with E-state index in [1.807, 2.05) is 0 Å². The number of hydrogen-bond acceptors (Lipinski definition) is 4. The second-order valence-electron chi connectivity index (χ2n) is 5.37. The van der Waals surface area contributed by atoms with Crippen molar-refractivity contribution in [3.05, 3.63) is 46.0 Å². The van der Waals surface area contributed by atoms with Gasteiger partial charge in [0.2, 0.25) is 0 Å². The lowest BCUT2D eigenvalue weighted by molar-refractivity contribution is -0.385. The molecule has 7 nitrogen and oxygen atoms in total. The van der Waals surface area contributed by atoms with Crippen LogP contribution in [-0.2, 0) is 0 Å². The lowest BCUT2D eigenvalue weighted by Crippen LogP contribution is -2.41. The van der Waals surface area contributed by atoms with E-state index in [-0.39, 0.29) is 17.8 Å². The number of hydrazone groups is 1. The molecule has 1 saturated carbocycles. The maximum Gasteiger partial charge on any atom is 0.335 e. The van der Waals surface area contributed by atoms with E-state index >= 15 is 0 Å². The normalized spacial score (nSPS) is 15.8. The Morgan fingerprint density at radius 1 is 1.26 bits per heavy atom. The molecule has 0 aromatic heterocycles. The van der Waals surface area contributed by atoms with Crippen LogP contribution < -0.4 is 10.7 Å². The van der Waals surface area contributed by atoms with Crippen LogP contribution >= 0.6 is 0 Å². The minimum absolute atomic E-state index is 0.0279.